The molecule has 1 atom stereocenters. The maximum Gasteiger partial charge on any atom is 0.245 e. The Kier molecular flexibility index (Phi) is 5.55. The minimum absolute atomic E-state index is 0.147. The zero-order valence-corrected chi connectivity index (χ0v) is 16.1. The molecule has 0 bridgehead atoms. The molecule has 1 aromatic carbocycles. The fourth-order valence-electron chi connectivity index (χ4n) is 3.63. The van der Waals surface area contributed by atoms with Gasteiger partial charge in [0, 0.05) is 25.5 Å². The zero-order chi connectivity index (χ0) is 18.7. The van der Waals surface area contributed by atoms with E-state index in [1.54, 1.807) is 14.2 Å². The first kappa shape index (κ1) is 18.4. The monoisotopic (exact) mass is 356 g/mol. The van der Waals surface area contributed by atoms with Crippen molar-refractivity contribution in [3.8, 4) is 11.5 Å². The standard InChI is InChI=1S/C21H28N2O3/c1-15(2)11-18(22-8-5-6-9-22)21(24)23-10-7-16-12-19(25-3)20(26-4)13-17(16)14-23/h5-6,8-9,12-13,15,18H,7,10-11,14H2,1-4H3/t18-/m1/s1. The van der Waals surface area contributed by atoms with Crippen LogP contribution in [0, 0.1) is 5.92 Å². The first-order valence-corrected chi connectivity index (χ1v) is 9.18. The quantitative estimate of drug-likeness (QED) is 0.793. The topological polar surface area (TPSA) is 43.7 Å². The van der Waals surface area contributed by atoms with Crippen LogP contribution in [0.2, 0.25) is 0 Å². The van der Waals surface area contributed by atoms with Crippen molar-refractivity contribution >= 4 is 5.91 Å². The van der Waals surface area contributed by atoms with Crippen LogP contribution in [0.25, 0.3) is 0 Å². The average Bonchev–Trinajstić information content (AvgIpc) is 3.18. The maximum absolute atomic E-state index is 13.3. The van der Waals surface area contributed by atoms with E-state index in [0.29, 0.717) is 18.2 Å². The van der Waals surface area contributed by atoms with Gasteiger partial charge >= 0.3 is 0 Å². The van der Waals surface area contributed by atoms with E-state index in [4.69, 9.17) is 9.47 Å². The number of ether oxygens (including phenoxy) is 2. The summed E-state index contributed by atoms with van der Waals surface area (Å²) in [6.45, 7) is 5.67. The molecule has 1 aliphatic heterocycles. The third-order valence-electron chi connectivity index (χ3n) is 5.00. The first-order chi connectivity index (χ1) is 12.5. The van der Waals surface area contributed by atoms with E-state index in [9.17, 15) is 4.79 Å². The second-order valence-electron chi connectivity index (χ2n) is 7.26. The van der Waals surface area contributed by atoms with Crippen molar-refractivity contribution < 1.29 is 14.3 Å². The third kappa shape index (κ3) is 3.71. The number of hydrogen-bond acceptors (Lipinski definition) is 3. The van der Waals surface area contributed by atoms with E-state index in [-0.39, 0.29) is 11.9 Å². The van der Waals surface area contributed by atoms with Gasteiger partial charge in [0.1, 0.15) is 6.04 Å². The van der Waals surface area contributed by atoms with Crippen LogP contribution in [0.3, 0.4) is 0 Å². The van der Waals surface area contributed by atoms with E-state index >= 15 is 0 Å². The van der Waals surface area contributed by atoms with Crippen LogP contribution in [0.5, 0.6) is 11.5 Å². The Morgan fingerprint density at radius 1 is 1.08 bits per heavy atom. The van der Waals surface area contributed by atoms with Crippen LogP contribution in [0.4, 0.5) is 0 Å². The number of benzene rings is 1. The molecular weight excluding hydrogens is 328 g/mol. The Hall–Kier alpha value is -2.43. The van der Waals surface area contributed by atoms with Crippen LogP contribution in [0.1, 0.15) is 37.4 Å². The van der Waals surface area contributed by atoms with Crippen molar-refractivity contribution in [2.24, 2.45) is 5.92 Å². The van der Waals surface area contributed by atoms with Gasteiger partial charge in [-0.05, 0) is 54.2 Å². The number of amides is 1. The Balaban J connectivity index is 1.83. The number of fused-ring (bicyclic) bond motifs is 1. The summed E-state index contributed by atoms with van der Waals surface area (Å²) >= 11 is 0. The van der Waals surface area contributed by atoms with Crippen molar-refractivity contribution in [1.82, 2.24) is 9.47 Å². The molecule has 2 aromatic rings. The molecule has 1 aliphatic rings. The smallest absolute Gasteiger partial charge is 0.245 e. The van der Waals surface area contributed by atoms with Crippen molar-refractivity contribution in [2.45, 2.75) is 39.3 Å². The number of hydrogen-bond donors (Lipinski definition) is 0. The molecular formula is C21H28N2O3. The van der Waals surface area contributed by atoms with E-state index in [1.165, 1.54) is 5.56 Å². The molecule has 5 nitrogen and oxygen atoms in total. The van der Waals surface area contributed by atoms with Gasteiger partial charge < -0.3 is 18.9 Å². The predicted octanol–water partition coefficient (Wildman–Crippen LogP) is 3.68. The van der Waals surface area contributed by atoms with E-state index < -0.39 is 0 Å². The lowest BCUT2D eigenvalue weighted by Gasteiger charge is -2.33. The third-order valence-corrected chi connectivity index (χ3v) is 5.00. The molecule has 0 aliphatic carbocycles. The second-order valence-corrected chi connectivity index (χ2v) is 7.26. The molecule has 0 N–H and O–H groups in total. The van der Waals surface area contributed by atoms with Crippen molar-refractivity contribution in [1.29, 1.82) is 0 Å². The van der Waals surface area contributed by atoms with E-state index in [0.717, 1.165) is 30.7 Å². The van der Waals surface area contributed by atoms with E-state index in [2.05, 4.69) is 13.8 Å². The number of carbonyl (C=O) groups is 1. The van der Waals surface area contributed by atoms with Gasteiger partial charge in [-0.15, -0.1) is 0 Å². The van der Waals surface area contributed by atoms with Gasteiger partial charge in [-0.3, -0.25) is 4.79 Å². The number of methoxy groups -OCH3 is 2. The maximum atomic E-state index is 13.3. The molecule has 1 aromatic heterocycles. The van der Waals surface area contributed by atoms with Gasteiger partial charge in [-0.25, -0.2) is 0 Å². The number of carbonyl (C=O) groups excluding carboxylic acids is 1. The minimum Gasteiger partial charge on any atom is -0.493 e. The van der Waals surface area contributed by atoms with Gasteiger partial charge in [0.2, 0.25) is 5.91 Å². The molecule has 1 amide bonds. The second kappa shape index (κ2) is 7.85. The zero-order valence-electron chi connectivity index (χ0n) is 16.1. The molecule has 0 saturated heterocycles. The molecule has 0 saturated carbocycles. The van der Waals surface area contributed by atoms with Crippen molar-refractivity contribution in [2.75, 3.05) is 20.8 Å². The van der Waals surface area contributed by atoms with Gasteiger partial charge in [0.05, 0.1) is 14.2 Å². The van der Waals surface area contributed by atoms with E-state index in [1.807, 2.05) is 46.1 Å². The summed E-state index contributed by atoms with van der Waals surface area (Å²) < 4.78 is 12.9. The fourth-order valence-corrected chi connectivity index (χ4v) is 3.63. The predicted molar refractivity (Wildman–Crippen MR) is 102 cm³/mol. The Bertz CT molecular complexity index is 753. The summed E-state index contributed by atoms with van der Waals surface area (Å²) in [6.07, 6.45) is 5.64. The van der Waals surface area contributed by atoms with Crippen molar-refractivity contribution in [3.63, 3.8) is 0 Å². The molecule has 26 heavy (non-hydrogen) atoms. The van der Waals surface area contributed by atoms with Crippen LogP contribution < -0.4 is 9.47 Å². The van der Waals surface area contributed by atoms with Gasteiger partial charge in [-0.2, -0.15) is 0 Å². The number of aromatic nitrogens is 1. The summed E-state index contributed by atoms with van der Waals surface area (Å²) in [5.74, 6) is 2.10. The SMILES string of the molecule is COc1cc2c(cc1OC)CN(C(=O)[C@@H](CC(C)C)n1cccc1)CC2. The first-order valence-electron chi connectivity index (χ1n) is 9.18. The Morgan fingerprint density at radius 3 is 2.27 bits per heavy atom. The fraction of sp³-hybridized carbons (Fsp3) is 0.476. The van der Waals surface area contributed by atoms with Crippen molar-refractivity contribution in [3.05, 3.63) is 47.8 Å². The molecule has 0 radical (unpaired) electrons. The largest absolute Gasteiger partial charge is 0.493 e. The van der Waals surface area contributed by atoms with Gasteiger partial charge in [0.25, 0.3) is 0 Å². The average molecular weight is 356 g/mol. The highest BCUT2D eigenvalue weighted by atomic mass is 16.5. The Morgan fingerprint density at radius 2 is 1.69 bits per heavy atom. The molecule has 3 rings (SSSR count). The van der Waals surface area contributed by atoms with Crippen LogP contribution in [-0.4, -0.2) is 36.1 Å². The molecule has 140 valence electrons. The Labute approximate surface area is 155 Å². The summed E-state index contributed by atoms with van der Waals surface area (Å²) in [4.78, 5) is 15.2. The van der Waals surface area contributed by atoms with Gasteiger partial charge in [0.15, 0.2) is 11.5 Å². The highest BCUT2D eigenvalue weighted by Gasteiger charge is 2.29. The molecule has 5 heteroatoms. The summed E-state index contributed by atoms with van der Waals surface area (Å²) in [5.41, 5.74) is 2.37. The van der Waals surface area contributed by atoms with Crippen LogP contribution in [0.15, 0.2) is 36.7 Å². The highest BCUT2D eigenvalue weighted by Crippen LogP contribution is 2.34. The molecule has 2 heterocycles. The summed E-state index contributed by atoms with van der Waals surface area (Å²) in [6, 6.07) is 7.84. The molecule has 0 spiro atoms. The minimum atomic E-state index is -0.147. The normalized spacial score (nSPS) is 14.9. The highest BCUT2D eigenvalue weighted by molar-refractivity contribution is 5.81. The lowest BCUT2D eigenvalue weighted by Crippen LogP contribution is -2.40. The lowest BCUT2D eigenvalue weighted by molar-refractivity contribution is -0.136. The molecule has 0 fully saturated rings. The lowest BCUT2D eigenvalue weighted by atomic mass is 9.96. The van der Waals surface area contributed by atoms with Gasteiger partial charge in [-0.1, -0.05) is 13.8 Å². The van der Waals surface area contributed by atoms with Crippen LogP contribution in [-0.2, 0) is 17.8 Å². The molecule has 0 unspecified atom stereocenters. The number of nitrogens with zero attached hydrogens (tertiary/aromatic N) is 2. The summed E-state index contributed by atoms with van der Waals surface area (Å²) in [7, 11) is 3.29. The summed E-state index contributed by atoms with van der Waals surface area (Å²) in [5, 5.41) is 0. The number of rotatable bonds is 6. The van der Waals surface area contributed by atoms with Crippen LogP contribution >= 0.6 is 0 Å².